The van der Waals surface area contributed by atoms with Crippen molar-refractivity contribution in [3.05, 3.63) is 83.0 Å². The van der Waals surface area contributed by atoms with Crippen LogP contribution in [0.2, 0.25) is 5.02 Å². The predicted octanol–water partition coefficient (Wildman–Crippen LogP) is 8.21. The summed E-state index contributed by atoms with van der Waals surface area (Å²) in [7, 11) is 0. The van der Waals surface area contributed by atoms with E-state index in [0.29, 0.717) is 41.0 Å². The Labute approximate surface area is 293 Å². The first-order chi connectivity index (χ1) is 22.0. The standard InChI is InChI=1S/C16H18BrN3O3.C9H4BrClN2O2.C7H15NO/c1-16(21)6-4-11(5-7-16)19-15-12-8-10(17)2-3-13(12)18-9-14(15)20(22)23;10-5-1-2-7-6(3-5)9(11)8(4-12-7)13(14)15;1-7(9)4-2-6(8)3-5-7/h2-3,8-9,11,21H,4-7H2,1H3,(H,18,19);1-4H;6,9H,2-5,8H2,1H3. The molecule has 0 saturated heterocycles. The molecule has 6 rings (SSSR count). The largest absolute Gasteiger partial charge is 0.390 e. The van der Waals surface area contributed by atoms with Gasteiger partial charge in [0.25, 0.3) is 0 Å². The lowest BCUT2D eigenvalue weighted by atomic mass is 9.83. The molecule has 0 atom stereocenters. The second kappa shape index (κ2) is 15.5. The smallest absolute Gasteiger partial charge is 0.311 e. The zero-order valence-corrected chi connectivity index (χ0v) is 29.9. The van der Waals surface area contributed by atoms with Crippen LogP contribution in [0.25, 0.3) is 21.8 Å². The first-order valence-electron chi connectivity index (χ1n) is 15.1. The minimum Gasteiger partial charge on any atom is -0.390 e. The maximum Gasteiger partial charge on any atom is 0.311 e. The Bertz CT molecular complexity index is 1760. The minimum absolute atomic E-state index is 0.0204. The van der Waals surface area contributed by atoms with Crippen molar-refractivity contribution in [1.29, 1.82) is 0 Å². The van der Waals surface area contributed by atoms with E-state index in [1.807, 2.05) is 32.0 Å². The highest BCUT2D eigenvalue weighted by molar-refractivity contribution is 9.10. The maximum absolute atomic E-state index is 11.4. The van der Waals surface area contributed by atoms with Crippen LogP contribution in [0.5, 0.6) is 0 Å². The third-order valence-electron chi connectivity index (χ3n) is 8.47. The first kappa shape index (κ1) is 36.8. The second-order valence-electron chi connectivity index (χ2n) is 12.6. The van der Waals surface area contributed by atoms with E-state index >= 15 is 0 Å². The van der Waals surface area contributed by atoms with E-state index in [1.165, 1.54) is 12.4 Å². The zero-order valence-electron chi connectivity index (χ0n) is 26.0. The molecule has 0 spiro atoms. The normalized spacial score (nSPS) is 24.0. The van der Waals surface area contributed by atoms with Gasteiger partial charge in [-0.3, -0.25) is 20.2 Å². The fraction of sp³-hybridized carbons (Fsp3) is 0.438. The van der Waals surface area contributed by atoms with Crippen LogP contribution in [0.3, 0.4) is 0 Å². The van der Waals surface area contributed by atoms with Crippen LogP contribution in [0, 0.1) is 20.2 Å². The van der Waals surface area contributed by atoms with Crippen LogP contribution >= 0.6 is 43.5 Å². The molecule has 4 aromatic rings. The summed E-state index contributed by atoms with van der Waals surface area (Å²) >= 11 is 12.6. The molecule has 15 heteroatoms. The number of hydrogen-bond acceptors (Lipinski definition) is 10. The summed E-state index contributed by atoms with van der Waals surface area (Å²) in [5, 5.41) is 46.2. The van der Waals surface area contributed by atoms with Crippen molar-refractivity contribution in [2.75, 3.05) is 5.32 Å². The lowest BCUT2D eigenvalue weighted by Crippen LogP contribution is -2.36. The number of fused-ring (bicyclic) bond motifs is 2. The van der Waals surface area contributed by atoms with Crippen LogP contribution < -0.4 is 11.1 Å². The molecular formula is C32H37Br2ClN6O6. The van der Waals surface area contributed by atoms with Crippen LogP contribution in [0.1, 0.15) is 65.2 Å². The minimum atomic E-state index is -0.631. The van der Waals surface area contributed by atoms with Gasteiger partial charge in [0.15, 0.2) is 0 Å². The molecule has 2 aliphatic carbocycles. The van der Waals surface area contributed by atoms with Gasteiger partial charge in [-0.25, -0.2) is 9.97 Å². The number of nitro groups is 2. The average molecular weight is 797 g/mol. The number of pyridine rings is 2. The van der Waals surface area contributed by atoms with Gasteiger partial charge in [-0.15, -0.1) is 0 Å². The molecule has 0 aliphatic heterocycles. The molecule has 0 bridgehead atoms. The van der Waals surface area contributed by atoms with Crippen molar-refractivity contribution in [1.82, 2.24) is 9.97 Å². The Morgan fingerprint density at radius 1 is 0.830 bits per heavy atom. The molecule has 2 aromatic carbocycles. The Balaban J connectivity index is 0.000000178. The fourth-order valence-electron chi connectivity index (χ4n) is 5.54. The number of hydrogen-bond donors (Lipinski definition) is 4. The number of nitrogens with two attached hydrogens (primary N) is 1. The fourth-order valence-corrected chi connectivity index (χ4v) is 6.54. The Morgan fingerprint density at radius 2 is 1.28 bits per heavy atom. The van der Waals surface area contributed by atoms with Crippen molar-refractivity contribution < 1.29 is 20.1 Å². The summed E-state index contributed by atoms with van der Waals surface area (Å²) < 4.78 is 1.65. The van der Waals surface area contributed by atoms with Gasteiger partial charge in [-0.1, -0.05) is 43.5 Å². The summed E-state index contributed by atoms with van der Waals surface area (Å²) in [5.74, 6) is 0. The summed E-state index contributed by atoms with van der Waals surface area (Å²) in [4.78, 5) is 29.2. The van der Waals surface area contributed by atoms with Crippen molar-refractivity contribution in [2.24, 2.45) is 5.73 Å². The van der Waals surface area contributed by atoms with E-state index in [-0.39, 0.29) is 22.4 Å². The van der Waals surface area contributed by atoms with Crippen molar-refractivity contribution in [2.45, 2.75) is 88.5 Å². The van der Waals surface area contributed by atoms with Crippen LogP contribution in [-0.2, 0) is 0 Å². The van der Waals surface area contributed by atoms with Crippen molar-refractivity contribution >= 4 is 82.3 Å². The monoisotopic (exact) mass is 794 g/mol. The van der Waals surface area contributed by atoms with E-state index in [9.17, 15) is 30.4 Å². The average Bonchev–Trinajstić information content (AvgIpc) is 3.01. The van der Waals surface area contributed by atoms with Gasteiger partial charge in [-0.05, 0) is 102 Å². The van der Waals surface area contributed by atoms with Crippen LogP contribution in [-0.4, -0.2) is 53.3 Å². The third-order valence-corrected chi connectivity index (χ3v) is 9.85. The van der Waals surface area contributed by atoms with Gasteiger partial charge in [0.2, 0.25) is 0 Å². The number of aliphatic hydroxyl groups is 2. The Hall–Kier alpha value is -3.01. The molecule has 2 aromatic heterocycles. The number of nitrogens with one attached hydrogen (secondary N) is 1. The van der Waals surface area contributed by atoms with E-state index in [1.54, 1.807) is 18.2 Å². The molecule has 0 radical (unpaired) electrons. The van der Waals surface area contributed by atoms with Gasteiger partial charge in [0.1, 0.15) is 23.1 Å². The lowest BCUT2D eigenvalue weighted by molar-refractivity contribution is -0.384. The van der Waals surface area contributed by atoms with Crippen LogP contribution in [0.4, 0.5) is 17.1 Å². The van der Waals surface area contributed by atoms with Gasteiger partial charge in [-0.2, -0.15) is 0 Å². The number of aromatic nitrogens is 2. The first-order valence-corrected chi connectivity index (χ1v) is 17.1. The van der Waals surface area contributed by atoms with Gasteiger partial charge >= 0.3 is 11.4 Å². The number of anilines is 1. The van der Waals surface area contributed by atoms with Gasteiger partial charge in [0.05, 0.1) is 32.1 Å². The number of nitrogens with zero attached hydrogens (tertiary/aromatic N) is 4. The summed E-state index contributed by atoms with van der Waals surface area (Å²) in [6, 6.07) is 11.2. The molecule has 12 nitrogen and oxygen atoms in total. The molecule has 2 aliphatic rings. The zero-order chi connectivity index (χ0) is 34.5. The predicted molar refractivity (Wildman–Crippen MR) is 191 cm³/mol. The molecular weight excluding hydrogens is 760 g/mol. The van der Waals surface area contributed by atoms with Crippen LogP contribution in [0.15, 0.2) is 57.7 Å². The highest BCUT2D eigenvalue weighted by Crippen LogP contribution is 2.37. The molecule has 2 heterocycles. The van der Waals surface area contributed by atoms with E-state index in [0.717, 1.165) is 52.9 Å². The Morgan fingerprint density at radius 3 is 1.77 bits per heavy atom. The Kier molecular flexibility index (Phi) is 12.1. The quantitative estimate of drug-likeness (QED) is 0.116. The van der Waals surface area contributed by atoms with Crippen molar-refractivity contribution in [3.8, 4) is 0 Å². The topological polar surface area (TPSA) is 191 Å². The van der Waals surface area contributed by atoms with Crippen molar-refractivity contribution in [3.63, 3.8) is 0 Å². The number of halogens is 3. The molecule has 0 amide bonds. The molecule has 252 valence electrons. The molecule has 2 fully saturated rings. The van der Waals surface area contributed by atoms with Gasteiger partial charge in [0, 0.05) is 31.8 Å². The third kappa shape index (κ3) is 10.00. The summed E-state index contributed by atoms with van der Waals surface area (Å²) in [6.07, 6.45) is 9.10. The van der Waals surface area contributed by atoms with E-state index in [4.69, 9.17) is 17.3 Å². The summed E-state index contributed by atoms with van der Waals surface area (Å²) in [5.41, 5.74) is 6.25. The van der Waals surface area contributed by atoms with E-state index in [2.05, 4.69) is 47.1 Å². The lowest BCUT2D eigenvalue weighted by Gasteiger charge is -2.33. The highest BCUT2D eigenvalue weighted by Gasteiger charge is 2.30. The highest BCUT2D eigenvalue weighted by atomic mass is 79.9. The van der Waals surface area contributed by atoms with Gasteiger partial charge < -0.3 is 21.3 Å². The second-order valence-corrected chi connectivity index (χ2v) is 14.8. The maximum atomic E-state index is 11.4. The van der Waals surface area contributed by atoms with E-state index < -0.39 is 21.0 Å². The SMILES string of the molecule is CC1(O)CCC(N)CC1.CC1(O)CCC(Nc2c([N+](=O)[O-])cnc3ccc(Br)cc23)CC1.O=[N+]([O-])c1cnc2ccc(Br)cc2c1Cl. The molecule has 47 heavy (non-hydrogen) atoms. The summed E-state index contributed by atoms with van der Waals surface area (Å²) in [6.45, 7) is 3.73. The number of benzene rings is 2. The number of rotatable bonds is 4. The molecule has 2 saturated carbocycles. The molecule has 0 unspecified atom stereocenters. The molecule has 5 N–H and O–H groups in total.